The summed E-state index contributed by atoms with van der Waals surface area (Å²) in [6, 6.07) is 8.28. The highest BCUT2D eigenvalue weighted by Crippen LogP contribution is 2.40. The third-order valence-corrected chi connectivity index (χ3v) is 49.1. The van der Waals surface area contributed by atoms with Gasteiger partial charge in [-0.3, -0.25) is 14.4 Å². The highest BCUT2D eigenvalue weighted by molar-refractivity contribution is 14.1. The molecule has 0 aromatic heterocycles. The Balaban J connectivity index is 0.000000526. The molecule has 1 atom stereocenters. The van der Waals surface area contributed by atoms with Crippen molar-refractivity contribution >= 4 is 588 Å². The van der Waals surface area contributed by atoms with Crippen LogP contribution in [0.2, 0.25) is 0 Å². The maximum atomic E-state index is 12.9. The minimum absolute atomic E-state index is 0.00829. The molecule has 62 heteroatoms. The van der Waals surface area contributed by atoms with Gasteiger partial charge in [-0.1, -0.05) is 25.2 Å². The fraction of sp³-hybridized carbons (Fsp3) is 0.299. The first-order chi connectivity index (χ1) is 58.8. The van der Waals surface area contributed by atoms with E-state index in [1.807, 2.05) is 284 Å². The van der Waals surface area contributed by atoms with Crippen molar-refractivity contribution in [1.82, 2.24) is 4.72 Å². The molecule has 36 nitrogen and oxygen atoms in total. The quantitative estimate of drug-likeness (QED) is 0.00716. The lowest BCUT2D eigenvalue weighted by Crippen LogP contribution is -2.38. The number of aromatic hydroxyl groups is 1. The summed E-state index contributed by atoms with van der Waals surface area (Å²) in [4.78, 5) is 71.3. The maximum absolute atomic E-state index is 12.9. The number of amides is 3. The van der Waals surface area contributed by atoms with Crippen molar-refractivity contribution in [1.29, 1.82) is 0 Å². The second kappa shape index (κ2) is 57.9. The number of methoxy groups -OCH3 is 1. The smallest absolute Gasteiger partial charge is 0.340 e. The number of halogens is 20. The first-order valence-electron chi connectivity index (χ1n) is 33.5. The molecule has 0 saturated heterocycles. The molecule has 7 rings (SSSR count). The van der Waals surface area contributed by atoms with Gasteiger partial charge in [-0.25, -0.2) is 69.6 Å². The van der Waals surface area contributed by atoms with Crippen LogP contribution in [0.3, 0.4) is 0 Å². The molecule has 0 radical (unpaired) electrons. The summed E-state index contributed by atoms with van der Waals surface area (Å²) in [5.74, 6) is -10.5. The number of nitrogens with zero attached hydrogens (tertiary/aromatic N) is 5. The third kappa shape index (κ3) is 43.7. The Hall–Kier alpha value is 3.39. The van der Waals surface area contributed by atoms with E-state index in [9.17, 15) is 115 Å². The van der Waals surface area contributed by atoms with Crippen LogP contribution in [0, 0.1) is 77.3 Å². The van der Waals surface area contributed by atoms with Crippen LogP contribution in [-0.2, 0) is 95.2 Å². The van der Waals surface area contributed by atoms with Crippen molar-refractivity contribution in [3.05, 3.63) is 141 Å². The summed E-state index contributed by atoms with van der Waals surface area (Å²) in [5.41, 5.74) is 1.41. The SMILES string of the molecule is CCC(Cc1c(I)cc(I)c(O)c1I)C([O-])=NS(C)(=O)=O.CCOC(=O)c1c(I)c(I)c(I)c(I)c1C([O-])=NS(C)(=O)=O.COC(=O)c1c(I)c(I)c(I)c(I)c1C([O-])=NS(C)(=O)=O.CS(=O)(=O)N=C([O-])CC(=O)Nc1cc(I)c(I)c(I)c1.CS(=O)(=O)N=C([O-])c1c(I)c(I)c(I)c(I)c1C(=O)OC1CCCCC1.CS(=O)(=O)NC(=O)C(=O)Nc1c([O-])cc(I)cc1I. The first kappa shape index (κ1) is 128. The number of ether oxygens (including phenoxy) is 3. The maximum Gasteiger partial charge on any atom is 0.340 e. The minimum Gasteiger partial charge on any atom is -0.871 e. The number of rotatable bonds is 22. The zero-order valence-electron chi connectivity index (χ0n) is 65.6. The lowest BCUT2D eigenvalue weighted by atomic mass is 9.97. The number of hydrogen-bond acceptors (Lipinski definition) is 28. The molecule has 6 aromatic carbocycles. The van der Waals surface area contributed by atoms with E-state index < -0.39 is 143 Å². The Morgan fingerprint density at radius 2 is 0.822 bits per heavy atom. The highest BCUT2D eigenvalue weighted by Gasteiger charge is 2.31. The van der Waals surface area contributed by atoms with Crippen molar-refractivity contribution in [3.8, 4) is 11.5 Å². The van der Waals surface area contributed by atoms with Gasteiger partial charge < -0.3 is 60.6 Å². The number of anilines is 2. The molecule has 0 bridgehead atoms. The zero-order chi connectivity index (χ0) is 100. The molecule has 1 fully saturated rings. The summed E-state index contributed by atoms with van der Waals surface area (Å²) >= 11 is 40.4. The number of sulfonamides is 6. The fourth-order valence-corrected chi connectivity index (χ4v) is 30.6. The lowest BCUT2D eigenvalue weighted by molar-refractivity contribution is -0.267. The van der Waals surface area contributed by atoms with Crippen molar-refractivity contribution in [2.45, 2.75) is 71.3 Å². The molecular formula is C67H56I20N8O28S6-6. The standard InChI is InChI=1S/C15H15I4NO5S.C12H14I3NO4S.C11H9I4NO5S.C10H7I4NO5S.C10H9I3N2O4S.C9H8I2N2O5S/c1-26(23,24)20-14(21)8-9(11(17)13(19)12(18)10(8)16)15(22)25-7-5-3-2-4-6-7;1-3-6(12(18)16-21(2,19)20)4-7-8(13)5-9(14)11(17)10(7)15;1-3-21-11(18)5-4(10(17)16-22(2,19)20)6(12)8(14)9(15)7(5)13;1-20-10(17)4-3(9(16)15-21(2,18)19)5(11)7(13)8(14)6(4)12;1-20(18,19)15-9(17)4-8(16)14-5-2-6(11)10(13)7(12)3-5;1-19(17,18)13-9(16)8(15)12-7-5(11)2-4(10)3-6(7)14/h7H,2-6H2,1H3,(H,20,21);5-6,17H,3-4H2,1-2H3,(H,16,18);3H2,1-2H3,(H,16,17);1-2H3,(H,15,16);2-3H,4H2,1H3,(H,14,16)(H,15,17);2-3,14H,1H3,(H,12,15)(H,13,16)/p-6. The van der Waals surface area contributed by atoms with E-state index in [-0.39, 0.29) is 57.5 Å². The van der Waals surface area contributed by atoms with Gasteiger partial charge in [0, 0.05) is 110 Å². The number of nitrogens with one attached hydrogen (secondary N) is 3. The van der Waals surface area contributed by atoms with Gasteiger partial charge in [-0.2, -0.15) is 22.0 Å². The van der Waals surface area contributed by atoms with Crippen LogP contribution < -0.4 is 46.0 Å². The van der Waals surface area contributed by atoms with Gasteiger partial charge in [0.1, 0.15) is 11.9 Å². The molecule has 1 saturated carbocycles. The highest BCUT2D eigenvalue weighted by atomic mass is 127. The molecule has 0 aliphatic heterocycles. The molecule has 714 valence electrons. The largest absolute Gasteiger partial charge is 0.871 e. The van der Waals surface area contributed by atoms with E-state index in [1.54, 1.807) is 25.1 Å². The zero-order valence-corrected chi connectivity index (χ0v) is 114. The Morgan fingerprint density at radius 1 is 0.442 bits per heavy atom. The molecule has 129 heavy (non-hydrogen) atoms. The van der Waals surface area contributed by atoms with E-state index in [0.29, 0.717) is 50.7 Å². The summed E-state index contributed by atoms with van der Waals surface area (Å²) in [7, 11) is -21.7. The van der Waals surface area contributed by atoms with Gasteiger partial charge in [0.05, 0.1) is 81.5 Å². The Bertz CT molecular complexity index is 6250. The van der Waals surface area contributed by atoms with Gasteiger partial charge in [0.25, 0.3) is 0 Å². The van der Waals surface area contributed by atoms with E-state index in [2.05, 4.69) is 213 Å². The molecule has 1 aliphatic rings. The third-order valence-electron chi connectivity index (χ3n) is 14.5. The van der Waals surface area contributed by atoms with Crippen LogP contribution in [0.1, 0.15) is 112 Å². The molecule has 6 aromatic rings. The molecular weight excluding hydrogens is 4100 g/mol. The number of hydrogen-bond donors (Lipinski definition) is 4. The Labute approximate surface area is 1010 Å². The predicted molar refractivity (Wildman–Crippen MR) is 645 cm³/mol. The number of phenols is 1. The van der Waals surface area contributed by atoms with Crippen molar-refractivity contribution in [3.63, 3.8) is 0 Å². The van der Waals surface area contributed by atoms with E-state index in [1.165, 1.54) is 17.9 Å². The number of carbonyl (C=O) groups excluding carboxylic acids is 6. The molecule has 1 aliphatic carbocycles. The fourth-order valence-electron chi connectivity index (χ4n) is 9.30. The van der Waals surface area contributed by atoms with Crippen LogP contribution in [0.4, 0.5) is 11.4 Å². The van der Waals surface area contributed by atoms with Crippen LogP contribution >= 0.6 is 452 Å². The van der Waals surface area contributed by atoms with Crippen molar-refractivity contribution < 1.29 is 129 Å². The normalized spacial score (nSPS) is 13.3. The van der Waals surface area contributed by atoms with Gasteiger partial charge in [-0.15, -0.1) is 0 Å². The Kier molecular flexibility index (Phi) is 57.7. The summed E-state index contributed by atoms with van der Waals surface area (Å²) in [5, 5.41) is 86.4. The molecule has 0 spiro atoms. The lowest BCUT2D eigenvalue weighted by Gasteiger charge is -2.25. The van der Waals surface area contributed by atoms with Crippen LogP contribution in [0.5, 0.6) is 11.5 Å². The van der Waals surface area contributed by atoms with Gasteiger partial charge in [0.2, 0.25) is 66.0 Å². The second-order valence-electron chi connectivity index (χ2n) is 24.9. The van der Waals surface area contributed by atoms with Crippen molar-refractivity contribution in [2.24, 2.45) is 27.9 Å². The molecule has 1 unspecified atom stereocenters. The molecule has 4 N–H and O–H groups in total. The van der Waals surface area contributed by atoms with Gasteiger partial charge in [0.15, 0.2) is 0 Å². The van der Waals surface area contributed by atoms with Crippen molar-refractivity contribution in [2.75, 3.05) is 61.9 Å². The van der Waals surface area contributed by atoms with E-state index in [0.717, 1.165) is 114 Å². The summed E-state index contributed by atoms with van der Waals surface area (Å²) in [6.07, 6.45) is 9.74. The Morgan fingerprint density at radius 3 is 1.18 bits per heavy atom. The number of phenolic OH excluding ortho intramolecular Hbond substituents is 1. The molecule has 3 amide bonds. The second-order valence-corrected chi connectivity index (χ2v) is 57.0. The topological polar surface area (TPSA) is 591 Å². The number of esters is 3. The monoisotopic (exact) mass is 4150 g/mol. The average molecular weight is 4150 g/mol. The van der Waals surface area contributed by atoms with Gasteiger partial charge >= 0.3 is 29.7 Å². The first-order valence-corrected chi connectivity index (χ1v) is 66.2. The van der Waals surface area contributed by atoms with E-state index in [4.69, 9.17) is 14.2 Å². The van der Waals surface area contributed by atoms with E-state index >= 15 is 0 Å². The number of benzene rings is 6. The van der Waals surface area contributed by atoms with Crippen LogP contribution in [0.15, 0.2) is 52.3 Å². The van der Waals surface area contributed by atoms with Crippen LogP contribution in [-0.4, -0.2) is 178 Å². The average Bonchev–Trinajstić information content (AvgIpc) is 0.776. The molecule has 0 heterocycles. The summed E-state index contributed by atoms with van der Waals surface area (Å²) < 4.78 is 180. The van der Waals surface area contributed by atoms with Gasteiger partial charge in [-0.05, 0) is 545 Å². The minimum atomic E-state index is -3.88. The number of carbonyl (C=O) groups is 6. The van der Waals surface area contributed by atoms with Crippen LogP contribution in [0.25, 0.3) is 0 Å². The predicted octanol–water partition coefficient (Wildman–Crippen LogP) is 12.0. The summed E-state index contributed by atoms with van der Waals surface area (Å²) in [6.45, 7) is 3.60.